The van der Waals surface area contributed by atoms with E-state index >= 15 is 0 Å². The third kappa shape index (κ3) is 3.16. The van der Waals surface area contributed by atoms with Crippen molar-refractivity contribution in [2.45, 2.75) is 24.3 Å². The van der Waals surface area contributed by atoms with Crippen LogP contribution in [0.15, 0.2) is 29.2 Å². The number of hydrogen-bond donors (Lipinski definition) is 0. The average Bonchev–Trinajstić information content (AvgIpc) is 2.18. The lowest BCUT2D eigenvalue weighted by atomic mass is 10.1. The van der Waals surface area contributed by atoms with Crippen molar-refractivity contribution in [3.8, 4) is 5.75 Å². The number of aliphatic carboxylic acids is 1. The molecule has 15 heavy (non-hydrogen) atoms. The van der Waals surface area contributed by atoms with Gasteiger partial charge in [0.25, 0.3) is 0 Å². The zero-order valence-electron chi connectivity index (χ0n) is 8.94. The topological polar surface area (TPSA) is 49.4 Å². The zero-order chi connectivity index (χ0) is 11.5. The fourth-order valence-electron chi connectivity index (χ4n) is 0.980. The van der Waals surface area contributed by atoms with Crippen molar-refractivity contribution >= 4 is 17.7 Å². The molecule has 0 heterocycles. The molecule has 0 fully saturated rings. The molecule has 0 bridgehead atoms. The van der Waals surface area contributed by atoms with Crippen LogP contribution in [0.1, 0.15) is 13.8 Å². The van der Waals surface area contributed by atoms with Crippen LogP contribution in [0.4, 0.5) is 0 Å². The summed E-state index contributed by atoms with van der Waals surface area (Å²) >= 11 is 1.62. The van der Waals surface area contributed by atoms with E-state index in [4.69, 9.17) is 4.74 Å². The second-order valence-electron chi connectivity index (χ2n) is 3.58. The number of ether oxygens (including phenoxy) is 1. The van der Waals surface area contributed by atoms with Crippen LogP contribution in [0.5, 0.6) is 5.75 Å². The van der Waals surface area contributed by atoms with Crippen LogP contribution >= 0.6 is 11.8 Å². The largest absolute Gasteiger partial charge is 0.546 e. The van der Waals surface area contributed by atoms with Gasteiger partial charge in [0.2, 0.25) is 0 Å². The maximum absolute atomic E-state index is 10.7. The molecule has 0 unspecified atom stereocenters. The van der Waals surface area contributed by atoms with Crippen LogP contribution in [-0.4, -0.2) is 17.8 Å². The monoisotopic (exact) mass is 225 g/mol. The molecule has 0 aliphatic rings. The third-order valence-corrected chi connectivity index (χ3v) is 2.67. The Labute approximate surface area is 93.4 Å². The molecule has 0 atom stereocenters. The minimum atomic E-state index is -1.30. The molecule has 1 rings (SSSR count). The minimum Gasteiger partial charge on any atom is -0.546 e. The number of carbonyl (C=O) groups is 1. The predicted molar refractivity (Wildman–Crippen MR) is 57.9 cm³/mol. The van der Waals surface area contributed by atoms with E-state index in [0.717, 1.165) is 4.90 Å². The Morgan fingerprint density at radius 2 is 1.87 bits per heavy atom. The van der Waals surface area contributed by atoms with Crippen molar-refractivity contribution in [1.82, 2.24) is 0 Å². The summed E-state index contributed by atoms with van der Waals surface area (Å²) in [5.41, 5.74) is -1.30. The number of rotatable bonds is 4. The Kier molecular flexibility index (Phi) is 3.63. The molecule has 0 amide bonds. The first-order valence-electron chi connectivity index (χ1n) is 4.50. The number of hydrogen-bond acceptors (Lipinski definition) is 4. The van der Waals surface area contributed by atoms with Crippen LogP contribution in [0, 0.1) is 0 Å². The Balaban J connectivity index is 2.77. The molecule has 0 aliphatic heterocycles. The highest BCUT2D eigenvalue weighted by Gasteiger charge is 2.21. The SMILES string of the molecule is CSc1ccc(OC(C)(C)C(=O)[O-])cc1. The lowest BCUT2D eigenvalue weighted by Gasteiger charge is -2.27. The summed E-state index contributed by atoms with van der Waals surface area (Å²) in [6.07, 6.45) is 1.97. The van der Waals surface area contributed by atoms with Crippen LogP contribution in [0.25, 0.3) is 0 Å². The second-order valence-corrected chi connectivity index (χ2v) is 4.46. The van der Waals surface area contributed by atoms with Gasteiger partial charge in [-0.2, -0.15) is 0 Å². The van der Waals surface area contributed by atoms with Gasteiger partial charge in [0.15, 0.2) is 0 Å². The molecule has 82 valence electrons. The normalized spacial score (nSPS) is 11.1. The molecule has 3 nitrogen and oxygen atoms in total. The van der Waals surface area contributed by atoms with E-state index in [1.54, 1.807) is 23.9 Å². The molecular weight excluding hydrogens is 212 g/mol. The van der Waals surface area contributed by atoms with E-state index in [-0.39, 0.29) is 0 Å². The van der Waals surface area contributed by atoms with E-state index in [9.17, 15) is 9.90 Å². The number of carboxylic acids is 1. The Morgan fingerprint density at radius 3 is 2.27 bits per heavy atom. The summed E-state index contributed by atoms with van der Waals surface area (Å²) in [4.78, 5) is 11.8. The standard InChI is InChI=1S/C11H14O3S/c1-11(2,10(12)13)14-8-4-6-9(15-3)7-5-8/h4-7H,1-3H3,(H,12,13)/p-1. The summed E-state index contributed by atoms with van der Waals surface area (Å²) in [7, 11) is 0. The fraction of sp³-hybridized carbons (Fsp3) is 0.364. The first-order valence-corrected chi connectivity index (χ1v) is 5.72. The Hall–Kier alpha value is -1.16. The zero-order valence-corrected chi connectivity index (χ0v) is 9.76. The van der Waals surface area contributed by atoms with Gasteiger partial charge in [-0.3, -0.25) is 0 Å². The fourth-order valence-corrected chi connectivity index (χ4v) is 1.39. The molecule has 0 spiro atoms. The van der Waals surface area contributed by atoms with Gasteiger partial charge in [-0.05, 0) is 44.4 Å². The molecule has 1 aromatic carbocycles. The number of carboxylic acid groups (broad SMARTS) is 1. The van der Waals surface area contributed by atoms with Crippen molar-refractivity contribution < 1.29 is 14.6 Å². The van der Waals surface area contributed by atoms with E-state index in [1.807, 2.05) is 18.4 Å². The van der Waals surface area contributed by atoms with Crippen molar-refractivity contribution in [3.63, 3.8) is 0 Å². The van der Waals surface area contributed by atoms with Crippen molar-refractivity contribution in [2.24, 2.45) is 0 Å². The summed E-state index contributed by atoms with van der Waals surface area (Å²) in [6, 6.07) is 7.25. The highest BCUT2D eigenvalue weighted by Crippen LogP contribution is 2.22. The van der Waals surface area contributed by atoms with E-state index in [2.05, 4.69) is 0 Å². The Bertz CT molecular complexity index is 343. The van der Waals surface area contributed by atoms with Gasteiger partial charge in [0, 0.05) is 4.90 Å². The van der Waals surface area contributed by atoms with Gasteiger partial charge >= 0.3 is 0 Å². The summed E-state index contributed by atoms with van der Waals surface area (Å²) in [5.74, 6) is -0.696. The first kappa shape index (κ1) is 11.9. The van der Waals surface area contributed by atoms with Gasteiger partial charge in [0.05, 0.1) is 5.97 Å². The summed E-state index contributed by atoms with van der Waals surface area (Å²) in [6.45, 7) is 2.93. The molecule has 1 aromatic rings. The van der Waals surface area contributed by atoms with E-state index in [1.165, 1.54) is 13.8 Å². The van der Waals surface area contributed by atoms with Gasteiger partial charge in [-0.25, -0.2) is 0 Å². The predicted octanol–water partition coefficient (Wildman–Crippen LogP) is 1.32. The van der Waals surface area contributed by atoms with Crippen molar-refractivity contribution in [2.75, 3.05) is 6.26 Å². The van der Waals surface area contributed by atoms with Gasteiger partial charge < -0.3 is 14.6 Å². The summed E-state index contributed by atoms with van der Waals surface area (Å²) in [5, 5.41) is 10.7. The maximum atomic E-state index is 10.7. The summed E-state index contributed by atoms with van der Waals surface area (Å²) < 4.78 is 5.29. The maximum Gasteiger partial charge on any atom is 0.143 e. The van der Waals surface area contributed by atoms with Gasteiger partial charge in [0.1, 0.15) is 11.4 Å². The van der Waals surface area contributed by atoms with E-state index in [0.29, 0.717) is 5.75 Å². The molecule has 0 aromatic heterocycles. The highest BCUT2D eigenvalue weighted by molar-refractivity contribution is 7.98. The molecule has 0 N–H and O–H groups in total. The second kappa shape index (κ2) is 4.57. The lowest BCUT2D eigenvalue weighted by Crippen LogP contribution is -2.47. The molecule has 0 aliphatic carbocycles. The molecule has 0 saturated heterocycles. The number of benzene rings is 1. The van der Waals surface area contributed by atoms with E-state index < -0.39 is 11.6 Å². The van der Waals surface area contributed by atoms with Crippen molar-refractivity contribution in [1.29, 1.82) is 0 Å². The molecule has 0 saturated carbocycles. The molecule has 4 heteroatoms. The smallest absolute Gasteiger partial charge is 0.143 e. The highest BCUT2D eigenvalue weighted by atomic mass is 32.2. The first-order chi connectivity index (χ1) is 6.95. The van der Waals surface area contributed by atoms with Crippen LogP contribution < -0.4 is 9.84 Å². The quantitative estimate of drug-likeness (QED) is 0.725. The van der Waals surface area contributed by atoms with Crippen LogP contribution in [-0.2, 0) is 4.79 Å². The van der Waals surface area contributed by atoms with Gasteiger partial charge in [-0.15, -0.1) is 11.8 Å². The van der Waals surface area contributed by atoms with Crippen LogP contribution in [0.3, 0.4) is 0 Å². The molecule has 0 radical (unpaired) electrons. The average molecular weight is 225 g/mol. The number of thioether (sulfide) groups is 1. The molecular formula is C11H13O3S-. The van der Waals surface area contributed by atoms with Crippen molar-refractivity contribution in [3.05, 3.63) is 24.3 Å². The van der Waals surface area contributed by atoms with Gasteiger partial charge in [-0.1, -0.05) is 0 Å². The Morgan fingerprint density at radius 1 is 1.33 bits per heavy atom. The minimum absolute atomic E-state index is 0.530. The number of carbonyl (C=O) groups excluding carboxylic acids is 1. The third-order valence-electron chi connectivity index (χ3n) is 1.92. The lowest BCUT2D eigenvalue weighted by molar-refractivity contribution is -0.320. The van der Waals surface area contributed by atoms with Crippen LogP contribution in [0.2, 0.25) is 0 Å².